The number of imidazole rings is 3. The quantitative estimate of drug-likeness (QED) is 0.358. The Balaban J connectivity index is 0.000000269. The predicted octanol–water partition coefficient (Wildman–Crippen LogP) is 1.07. The van der Waals surface area contributed by atoms with Gasteiger partial charge in [-0.1, -0.05) is 0 Å². The van der Waals surface area contributed by atoms with Crippen LogP contribution in [0.25, 0.3) is 0 Å². The molecule has 0 aromatic carbocycles. The lowest BCUT2D eigenvalue weighted by Crippen LogP contribution is -1.90. The maximum absolute atomic E-state index is 9.43. The Labute approximate surface area is 124 Å². The molecule has 6 N–H and O–H groups in total. The van der Waals surface area contributed by atoms with Gasteiger partial charge in [0.1, 0.15) is 0 Å². The van der Waals surface area contributed by atoms with Gasteiger partial charge in [-0.15, -0.1) is 0 Å². The summed E-state index contributed by atoms with van der Waals surface area (Å²) < 4.78 is 9.43. The molecule has 0 amide bonds. The SMILES string of the molecule is O=C(O)P(=O)(O)O.c1c[nH]cn1.c1c[nH]cn1.c1c[nH]cn1. The van der Waals surface area contributed by atoms with Gasteiger partial charge in [-0.05, 0) is 0 Å². The lowest BCUT2D eigenvalue weighted by molar-refractivity contribution is 0.208. The summed E-state index contributed by atoms with van der Waals surface area (Å²) in [5, 5.41) is 7.49. The molecule has 3 aromatic rings. The van der Waals surface area contributed by atoms with Crippen LogP contribution in [0.5, 0.6) is 0 Å². The first-order valence-electron chi connectivity index (χ1n) is 5.52. The predicted molar refractivity (Wildman–Crippen MR) is 75.8 cm³/mol. The zero-order chi connectivity index (χ0) is 16.7. The Morgan fingerprint density at radius 3 is 1.14 bits per heavy atom. The van der Waals surface area contributed by atoms with Crippen LogP contribution in [0.2, 0.25) is 0 Å². The first-order valence-corrected chi connectivity index (χ1v) is 7.13. The summed E-state index contributed by atoms with van der Waals surface area (Å²) in [7, 11) is -4.82. The molecule has 0 aliphatic heterocycles. The van der Waals surface area contributed by atoms with Crippen LogP contribution in [0.15, 0.2) is 56.2 Å². The van der Waals surface area contributed by atoms with Crippen LogP contribution in [-0.2, 0) is 4.57 Å². The highest BCUT2D eigenvalue weighted by Gasteiger charge is 2.23. The Morgan fingerprint density at radius 1 is 0.818 bits per heavy atom. The maximum atomic E-state index is 9.43. The van der Waals surface area contributed by atoms with E-state index < -0.39 is 13.3 Å². The Morgan fingerprint density at radius 2 is 1.09 bits per heavy atom. The number of nitrogens with zero attached hydrogens (tertiary/aromatic N) is 3. The average Bonchev–Trinajstić information content (AvgIpc) is 3.23. The summed E-state index contributed by atoms with van der Waals surface area (Å²) in [5.74, 6) is 0. The van der Waals surface area contributed by atoms with Gasteiger partial charge in [-0.25, -0.2) is 24.3 Å². The molecule has 0 unspecified atom stereocenters. The van der Waals surface area contributed by atoms with Gasteiger partial charge in [-0.2, -0.15) is 0 Å². The number of rotatable bonds is 1. The van der Waals surface area contributed by atoms with Crippen molar-refractivity contribution in [3.63, 3.8) is 0 Å². The summed E-state index contributed by atoms with van der Waals surface area (Å²) >= 11 is 0. The van der Waals surface area contributed by atoms with E-state index in [2.05, 4.69) is 29.9 Å². The van der Waals surface area contributed by atoms with Gasteiger partial charge in [0.15, 0.2) is 0 Å². The fourth-order valence-electron chi connectivity index (χ4n) is 0.645. The molecule has 3 aromatic heterocycles. The highest BCUT2D eigenvalue weighted by Crippen LogP contribution is 2.34. The summed E-state index contributed by atoms with van der Waals surface area (Å²) in [6, 6.07) is 0. The fraction of sp³-hybridized carbons (Fsp3) is 0. The van der Waals surface area contributed by atoms with E-state index in [4.69, 9.17) is 14.9 Å². The number of H-pyrrole nitrogens is 3. The van der Waals surface area contributed by atoms with Crippen molar-refractivity contribution in [2.24, 2.45) is 0 Å². The molecule has 120 valence electrons. The van der Waals surface area contributed by atoms with Crippen LogP contribution in [0.1, 0.15) is 0 Å². The van der Waals surface area contributed by atoms with Crippen molar-refractivity contribution in [1.82, 2.24) is 29.9 Å². The number of aromatic nitrogens is 6. The molecule has 3 heterocycles. The Kier molecular flexibility index (Phi) is 10.5. The van der Waals surface area contributed by atoms with E-state index in [0.717, 1.165) is 0 Å². The van der Waals surface area contributed by atoms with Gasteiger partial charge in [0, 0.05) is 37.2 Å². The van der Waals surface area contributed by atoms with Gasteiger partial charge >= 0.3 is 13.3 Å². The zero-order valence-electron chi connectivity index (χ0n) is 11.1. The van der Waals surface area contributed by atoms with E-state index in [9.17, 15) is 9.36 Å². The van der Waals surface area contributed by atoms with Gasteiger partial charge < -0.3 is 29.8 Å². The van der Waals surface area contributed by atoms with Crippen molar-refractivity contribution in [2.45, 2.75) is 0 Å². The van der Waals surface area contributed by atoms with Crippen LogP contribution in [0.3, 0.4) is 0 Å². The summed E-state index contributed by atoms with van der Waals surface area (Å²) in [6.07, 6.45) is 15.2. The number of aromatic amines is 3. The standard InChI is InChI=1S/3C3H4N2.CH3O5P/c3*1-2-5-3-4-1;2-1(3)7(4,5)6/h3*1-3H,(H,4,5);(H,2,3)(H2,4,5,6). The third kappa shape index (κ3) is 13.7. The van der Waals surface area contributed by atoms with Crippen molar-refractivity contribution in [3.05, 3.63) is 56.2 Å². The molecule has 0 spiro atoms. The molecule has 3 rings (SSSR count). The van der Waals surface area contributed by atoms with Crippen molar-refractivity contribution in [2.75, 3.05) is 0 Å². The van der Waals surface area contributed by atoms with Crippen molar-refractivity contribution in [1.29, 1.82) is 0 Å². The second-order valence-corrected chi connectivity index (χ2v) is 4.58. The number of hydrogen-bond acceptors (Lipinski definition) is 5. The molecule has 0 atom stereocenters. The molecule has 0 fully saturated rings. The Hall–Kier alpha value is -2.75. The van der Waals surface area contributed by atoms with E-state index >= 15 is 0 Å². The molecular weight excluding hydrogens is 315 g/mol. The topological polar surface area (TPSA) is 181 Å². The smallest absolute Gasteiger partial charge is 0.433 e. The van der Waals surface area contributed by atoms with Crippen LogP contribution in [0, 0.1) is 0 Å². The third-order valence-electron chi connectivity index (χ3n) is 1.47. The second-order valence-electron chi connectivity index (χ2n) is 3.11. The molecular formula is C10H15N6O5P. The number of nitrogens with one attached hydrogen (secondary N) is 3. The summed E-state index contributed by atoms with van der Waals surface area (Å²) in [5.41, 5.74) is -2.09. The van der Waals surface area contributed by atoms with E-state index in [1.165, 1.54) is 0 Å². The normalized spacial score (nSPS) is 9.00. The first kappa shape index (κ1) is 19.2. The van der Waals surface area contributed by atoms with Crippen LogP contribution in [0.4, 0.5) is 4.79 Å². The van der Waals surface area contributed by atoms with Gasteiger partial charge in [0.05, 0.1) is 19.0 Å². The largest absolute Gasteiger partial charge is 0.472 e. The lowest BCUT2D eigenvalue weighted by Gasteiger charge is -1.90. The molecule has 11 nitrogen and oxygen atoms in total. The number of hydrogen-bond donors (Lipinski definition) is 6. The first-order chi connectivity index (χ1) is 10.4. The lowest BCUT2D eigenvalue weighted by atomic mass is 11.0. The molecule has 0 saturated heterocycles. The molecule has 0 saturated carbocycles. The second kappa shape index (κ2) is 12.0. The highest BCUT2D eigenvalue weighted by molar-refractivity contribution is 7.69. The van der Waals surface area contributed by atoms with Crippen LogP contribution < -0.4 is 0 Å². The third-order valence-corrected chi connectivity index (χ3v) is 1.97. The molecule has 22 heavy (non-hydrogen) atoms. The van der Waals surface area contributed by atoms with Gasteiger partial charge in [-0.3, -0.25) is 0 Å². The highest BCUT2D eigenvalue weighted by atomic mass is 31.2. The van der Waals surface area contributed by atoms with E-state index in [1.54, 1.807) is 56.2 Å². The number of carboxylic acid groups (broad SMARTS) is 1. The monoisotopic (exact) mass is 330 g/mol. The zero-order valence-corrected chi connectivity index (χ0v) is 12.0. The van der Waals surface area contributed by atoms with Crippen LogP contribution >= 0.6 is 7.60 Å². The van der Waals surface area contributed by atoms with Crippen molar-refractivity contribution < 1.29 is 24.3 Å². The molecule has 0 radical (unpaired) electrons. The Bertz CT molecular complexity index is 478. The molecule has 0 bridgehead atoms. The minimum atomic E-state index is -4.82. The average molecular weight is 330 g/mol. The fourth-order valence-corrected chi connectivity index (χ4v) is 0.645. The summed E-state index contributed by atoms with van der Waals surface area (Å²) in [6.45, 7) is 0. The van der Waals surface area contributed by atoms with Gasteiger partial charge in [0.25, 0.3) is 0 Å². The summed E-state index contributed by atoms with van der Waals surface area (Å²) in [4.78, 5) is 43.7. The van der Waals surface area contributed by atoms with Gasteiger partial charge in [0.2, 0.25) is 0 Å². The number of carbonyl (C=O) groups is 1. The van der Waals surface area contributed by atoms with E-state index in [-0.39, 0.29) is 0 Å². The van der Waals surface area contributed by atoms with Crippen LogP contribution in [-0.4, -0.2) is 50.5 Å². The van der Waals surface area contributed by atoms with E-state index in [0.29, 0.717) is 0 Å². The van der Waals surface area contributed by atoms with Crippen molar-refractivity contribution in [3.8, 4) is 0 Å². The minimum absolute atomic E-state index is 1.62. The molecule has 0 aliphatic carbocycles. The molecule has 0 aliphatic rings. The van der Waals surface area contributed by atoms with E-state index in [1.807, 2.05) is 0 Å². The van der Waals surface area contributed by atoms with Crippen molar-refractivity contribution >= 4 is 13.3 Å². The maximum Gasteiger partial charge on any atom is 0.433 e. The molecule has 12 heteroatoms. The minimum Gasteiger partial charge on any atom is -0.472 e.